The zero-order valence-corrected chi connectivity index (χ0v) is 18.0. The number of carbonyl (C=O) groups excluding carboxylic acids is 1. The van der Waals surface area contributed by atoms with E-state index in [9.17, 15) is 22.4 Å². The van der Waals surface area contributed by atoms with Crippen LogP contribution in [0.2, 0.25) is 0 Å². The molecular weight excluding hydrogens is 440 g/mol. The number of piperidine rings is 1. The largest absolute Gasteiger partial charge is 0.416 e. The molecule has 4 rings (SSSR count). The summed E-state index contributed by atoms with van der Waals surface area (Å²) in [7, 11) is 0. The van der Waals surface area contributed by atoms with Gasteiger partial charge in [-0.1, -0.05) is 24.3 Å². The lowest BCUT2D eigenvalue weighted by Crippen LogP contribution is -2.44. The van der Waals surface area contributed by atoms with Gasteiger partial charge in [0.15, 0.2) is 0 Å². The Morgan fingerprint density at radius 2 is 1.75 bits per heavy atom. The Labute approximate surface area is 187 Å². The number of benzene rings is 2. The van der Waals surface area contributed by atoms with Gasteiger partial charge in [0.2, 0.25) is 0 Å². The number of alkyl halides is 3. The van der Waals surface area contributed by atoms with Crippen LogP contribution in [0.3, 0.4) is 0 Å². The number of halogens is 4. The quantitative estimate of drug-likeness (QED) is 0.474. The van der Waals surface area contributed by atoms with Crippen molar-refractivity contribution in [3.63, 3.8) is 0 Å². The Bertz CT molecular complexity index is 1070. The van der Waals surface area contributed by atoms with E-state index in [1.54, 1.807) is 30.3 Å². The summed E-state index contributed by atoms with van der Waals surface area (Å²) in [5.74, 6) is -0.454. The molecule has 1 aliphatic rings. The Morgan fingerprint density at radius 1 is 1.03 bits per heavy atom. The van der Waals surface area contributed by atoms with Crippen molar-refractivity contribution >= 4 is 17.2 Å². The third-order valence-electron chi connectivity index (χ3n) is 5.55. The number of amides is 1. The molecule has 3 aromatic rings. The highest BCUT2D eigenvalue weighted by molar-refractivity contribution is 7.17. The number of nitrogens with zero attached hydrogens (tertiary/aromatic N) is 1. The van der Waals surface area contributed by atoms with Crippen LogP contribution in [-0.4, -0.2) is 29.9 Å². The van der Waals surface area contributed by atoms with E-state index in [-0.39, 0.29) is 17.8 Å². The summed E-state index contributed by atoms with van der Waals surface area (Å²) in [6.45, 7) is 2.39. The fraction of sp³-hybridized carbons (Fsp3) is 0.292. The predicted octanol–water partition coefficient (Wildman–Crippen LogP) is 5.97. The molecule has 1 saturated heterocycles. The molecule has 0 saturated carbocycles. The first-order chi connectivity index (χ1) is 15.3. The van der Waals surface area contributed by atoms with Crippen molar-refractivity contribution in [3.05, 3.63) is 82.5 Å². The van der Waals surface area contributed by atoms with Gasteiger partial charge in [-0.05, 0) is 60.4 Å². The van der Waals surface area contributed by atoms with Gasteiger partial charge in [-0.15, -0.1) is 11.3 Å². The fourth-order valence-corrected chi connectivity index (χ4v) is 4.71. The number of rotatable bonds is 5. The molecule has 32 heavy (non-hydrogen) atoms. The molecule has 0 bridgehead atoms. The van der Waals surface area contributed by atoms with Crippen molar-refractivity contribution in [2.45, 2.75) is 31.6 Å². The van der Waals surface area contributed by atoms with Crippen LogP contribution < -0.4 is 5.32 Å². The lowest BCUT2D eigenvalue weighted by molar-refractivity contribution is -0.137. The highest BCUT2D eigenvalue weighted by Gasteiger charge is 2.30. The normalized spacial score (nSPS) is 15.6. The molecule has 1 aliphatic heterocycles. The molecule has 1 N–H and O–H groups in total. The minimum absolute atomic E-state index is 0.0473. The molecule has 2 heterocycles. The van der Waals surface area contributed by atoms with Crippen molar-refractivity contribution in [3.8, 4) is 10.4 Å². The van der Waals surface area contributed by atoms with Crippen LogP contribution in [0, 0.1) is 5.82 Å². The average molecular weight is 463 g/mol. The number of hydrogen-bond donors (Lipinski definition) is 1. The summed E-state index contributed by atoms with van der Waals surface area (Å²) >= 11 is 1.19. The smallest absolute Gasteiger partial charge is 0.349 e. The van der Waals surface area contributed by atoms with E-state index in [4.69, 9.17) is 0 Å². The van der Waals surface area contributed by atoms with E-state index in [0.29, 0.717) is 15.3 Å². The Kier molecular flexibility index (Phi) is 6.62. The van der Waals surface area contributed by atoms with Crippen molar-refractivity contribution in [2.75, 3.05) is 13.1 Å². The summed E-state index contributed by atoms with van der Waals surface area (Å²) in [6.07, 6.45) is -2.80. The molecule has 8 heteroatoms. The first kappa shape index (κ1) is 22.5. The zero-order valence-electron chi connectivity index (χ0n) is 17.2. The molecule has 2 aromatic carbocycles. The van der Waals surface area contributed by atoms with Gasteiger partial charge >= 0.3 is 6.18 Å². The van der Waals surface area contributed by atoms with Crippen LogP contribution in [0.1, 0.15) is 33.6 Å². The first-order valence-electron chi connectivity index (χ1n) is 10.3. The van der Waals surface area contributed by atoms with E-state index < -0.39 is 11.7 Å². The lowest BCUT2D eigenvalue weighted by atomic mass is 10.0. The average Bonchev–Trinajstić information content (AvgIpc) is 3.27. The SMILES string of the molecule is O=C(NC1CCN(Cc2ccc(F)cc2)CC1)c1ccc(-c2cccc(C(F)(F)F)c2)s1. The van der Waals surface area contributed by atoms with Gasteiger partial charge in [-0.25, -0.2) is 4.39 Å². The molecule has 0 unspecified atom stereocenters. The van der Waals surface area contributed by atoms with Gasteiger partial charge in [0.25, 0.3) is 5.91 Å². The van der Waals surface area contributed by atoms with E-state index in [1.165, 1.54) is 29.5 Å². The van der Waals surface area contributed by atoms with Crippen molar-refractivity contribution in [1.29, 1.82) is 0 Å². The van der Waals surface area contributed by atoms with Gasteiger partial charge in [-0.2, -0.15) is 13.2 Å². The molecular formula is C24H22F4N2OS. The van der Waals surface area contributed by atoms with Gasteiger partial charge in [0.05, 0.1) is 10.4 Å². The van der Waals surface area contributed by atoms with E-state index in [2.05, 4.69) is 10.2 Å². The Balaban J connectivity index is 1.32. The Morgan fingerprint density at radius 3 is 2.44 bits per heavy atom. The number of carbonyl (C=O) groups is 1. The van der Waals surface area contributed by atoms with Gasteiger partial charge in [0.1, 0.15) is 5.82 Å². The van der Waals surface area contributed by atoms with Gasteiger partial charge < -0.3 is 5.32 Å². The van der Waals surface area contributed by atoms with Crippen molar-refractivity contribution in [1.82, 2.24) is 10.2 Å². The van der Waals surface area contributed by atoms with E-state index in [1.807, 2.05) is 0 Å². The number of thiophene rings is 1. The van der Waals surface area contributed by atoms with Crippen LogP contribution >= 0.6 is 11.3 Å². The number of hydrogen-bond acceptors (Lipinski definition) is 3. The Hall–Kier alpha value is -2.71. The fourth-order valence-electron chi connectivity index (χ4n) is 3.80. The topological polar surface area (TPSA) is 32.3 Å². The summed E-state index contributed by atoms with van der Waals surface area (Å²) in [4.78, 5) is 16.0. The maximum Gasteiger partial charge on any atom is 0.416 e. The molecule has 168 valence electrons. The third kappa shape index (κ3) is 5.55. The summed E-state index contributed by atoms with van der Waals surface area (Å²) in [6, 6.07) is 15.0. The van der Waals surface area contributed by atoms with Crippen molar-refractivity contribution < 1.29 is 22.4 Å². The predicted molar refractivity (Wildman–Crippen MR) is 117 cm³/mol. The minimum atomic E-state index is -4.40. The second-order valence-electron chi connectivity index (χ2n) is 7.89. The molecule has 1 amide bonds. The molecule has 1 fully saturated rings. The van der Waals surface area contributed by atoms with Gasteiger partial charge in [0, 0.05) is 30.6 Å². The molecule has 0 atom stereocenters. The second kappa shape index (κ2) is 9.42. The third-order valence-corrected chi connectivity index (χ3v) is 6.68. The van der Waals surface area contributed by atoms with Gasteiger partial charge in [-0.3, -0.25) is 9.69 Å². The first-order valence-corrected chi connectivity index (χ1v) is 11.1. The molecule has 0 aliphatic carbocycles. The van der Waals surface area contributed by atoms with Crippen LogP contribution in [0.5, 0.6) is 0 Å². The van der Waals surface area contributed by atoms with Crippen LogP contribution in [-0.2, 0) is 12.7 Å². The van der Waals surface area contributed by atoms with Crippen LogP contribution in [0.25, 0.3) is 10.4 Å². The monoisotopic (exact) mass is 462 g/mol. The molecule has 0 spiro atoms. The van der Waals surface area contributed by atoms with E-state index in [0.717, 1.165) is 50.2 Å². The highest BCUT2D eigenvalue weighted by Crippen LogP contribution is 2.34. The molecule has 1 aromatic heterocycles. The van der Waals surface area contributed by atoms with E-state index >= 15 is 0 Å². The minimum Gasteiger partial charge on any atom is -0.349 e. The maximum atomic E-state index is 13.0. The highest BCUT2D eigenvalue weighted by atomic mass is 32.1. The maximum absolute atomic E-state index is 13.0. The van der Waals surface area contributed by atoms with Crippen molar-refractivity contribution in [2.24, 2.45) is 0 Å². The second-order valence-corrected chi connectivity index (χ2v) is 8.98. The summed E-state index contributed by atoms with van der Waals surface area (Å²) in [5, 5.41) is 3.04. The number of nitrogens with one attached hydrogen (secondary N) is 1. The number of likely N-dealkylation sites (tertiary alicyclic amines) is 1. The standard InChI is InChI=1S/C24H22F4N2OS/c25-19-6-4-16(5-7-19)15-30-12-10-20(11-13-30)29-23(31)22-9-8-21(32-22)17-2-1-3-18(14-17)24(26,27)28/h1-9,14,20H,10-13,15H2,(H,29,31). The van der Waals surface area contributed by atoms with Crippen LogP contribution in [0.4, 0.5) is 17.6 Å². The summed E-state index contributed by atoms with van der Waals surface area (Å²) in [5.41, 5.74) is 0.786. The summed E-state index contributed by atoms with van der Waals surface area (Å²) < 4.78 is 51.9. The molecule has 3 nitrogen and oxygen atoms in total. The zero-order chi connectivity index (χ0) is 22.7. The lowest BCUT2D eigenvalue weighted by Gasteiger charge is -2.32. The van der Waals surface area contributed by atoms with Crippen LogP contribution in [0.15, 0.2) is 60.7 Å². The molecule has 0 radical (unpaired) electrons.